The zero-order chi connectivity index (χ0) is 18.0. The fourth-order valence-electron chi connectivity index (χ4n) is 3.05. The van der Waals surface area contributed by atoms with Gasteiger partial charge in [-0.2, -0.15) is 0 Å². The largest absolute Gasteiger partial charge is 0.337 e. The molecular weight excluding hydrogens is 380 g/mol. The van der Waals surface area contributed by atoms with Crippen LogP contribution in [0.15, 0.2) is 47.1 Å². The van der Waals surface area contributed by atoms with Crippen molar-refractivity contribution in [1.82, 2.24) is 4.57 Å². The molecule has 0 fully saturated rings. The lowest BCUT2D eigenvalue weighted by Gasteiger charge is -2.10. The second kappa shape index (κ2) is 7.23. The normalized spacial score (nSPS) is 10.8. The Morgan fingerprint density at radius 3 is 2.76 bits per heavy atom. The summed E-state index contributed by atoms with van der Waals surface area (Å²) in [5.74, 6) is -0.123. The molecule has 5 heteroatoms. The second-order valence-electron chi connectivity index (χ2n) is 6.01. The van der Waals surface area contributed by atoms with Crippen molar-refractivity contribution in [1.29, 1.82) is 0 Å². The number of nitrogens with one attached hydrogen (secondary N) is 1. The van der Waals surface area contributed by atoms with Gasteiger partial charge in [0.25, 0.3) is 0 Å². The molecule has 1 aromatic heterocycles. The molecule has 0 radical (unpaired) electrons. The number of fused-ring (bicyclic) bond motifs is 1. The van der Waals surface area contributed by atoms with Crippen molar-refractivity contribution in [2.75, 3.05) is 5.32 Å². The van der Waals surface area contributed by atoms with E-state index in [4.69, 9.17) is 0 Å². The van der Waals surface area contributed by atoms with Crippen molar-refractivity contribution in [3.05, 3.63) is 63.8 Å². The standard InChI is InChI=1S/C20H19BrN2O2/c1-3-14-5-4-6-17-15(12-24)10-23(20(14)17)11-19(25)22-16-7-8-18(21)13(2)9-16/h4-10,12H,3,11H2,1-2H3,(H,22,25). The number of hydrogen-bond acceptors (Lipinski definition) is 2. The summed E-state index contributed by atoms with van der Waals surface area (Å²) in [4.78, 5) is 23.8. The molecule has 0 saturated carbocycles. The Hall–Kier alpha value is -2.40. The van der Waals surface area contributed by atoms with Crippen molar-refractivity contribution >= 4 is 44.7 Å². The van der Waals surface area contributed by atoms with Crippen molar-refractivity contribution in [2.24, 2.45) is 0 Å². The van der Waals surface area contributed by atoms with Crippen LogP contribution >= 0.6 is 15.9 Å². The molecule has 0 unspecified atom stereocenters. The third-order valence-electron chi connectivity index (χ3n) is 4.28. The molecule has 3 rings (SSSR count). The van der Waals surface area contributed by atoms with E-state index in [1.54, 1.807) is 6.20 Å². The van der Waals surface area contributed by atoms with E-state index in [1.165, 1.54) is 0 Å². The molecule has 4 nitrogen and oxygen atoms in total. The minimum atomic E-state index is -0.123. The first kappa shape index (κ1) is 17.4. The molecule has 2 aromatic carbocycles. The number of aldehydes is 1. The maximum Gasteiger partial charge on any atom is 0.244 e. The lowest BCUT2D eigenvalue weighted by molar-refractivity contribution is -0.116. The van der Waals surface area contributed by atoms with Crippen LogP contribution in [0.4, 0.5) is 5.69 Å². The summed E-state index contributed by atoms with van der Waals surface area (Å²) >= 11 is 3.45. The van der Waals surface area contributed by atoms with Crippen LogP contribution in [-0.2, 0) is 17.8 Å². The number of aromatic nitrogens is 1. The van der Waals surface area contributed by atoms with Crippen LogP contribution in [-0.4, -0.2) is 16.8 Å². The molecule has 0 atom stereocenters. The number of carbonyl (C=O) groups excluding carboxylic acids is 2. The van der Waals surface area contributed by atoms with E-state index < -0.39 is 0 Å². The highest BCUT2D eigenvalue weighted by molar-refractivity contribution is 9.10. The number of halogens is 1. The van der Waals surface area contributed by atoms with E-state index in [0.717, 1.165) is 44.9 Å². The second-order valence-corrected chi connectivity index (χ2v) is 6.86. The number of rotatable bonds is 5. The number of hydrogen-bond donors (Lipinski definition) is 1. The SMILES string of the molecule is CCc1cccc2c(C=O)cn(CC(=O)Nc3ccc(Br)c(C)c3)c12. The molecule has 1 amide bonds. The number of aryl methyl sites for hydroxylation is 2. The maximum atomic E-state index is 12.5. The van der Waals surface area contributed by atoms with Gasteiger partial charge >= 0.3 is 0 Å². The topological polar surface area (TPSA) is 51.1 Å². The van der Waals surface area contributed by atoms with Crippen LogP contribution < -0.4 is 5.32 Å². The van der Waals surface area contributed by atoms with Gasteiger partial charge in [0.05, 0.1) is 5.52 Å². The molecule has 0 bridgehead atoms. The van der Waals surface area contributed by atoms with Crippen LogP contribution in [0.3, 0.4) is 0 Å². The minimum absolute atomic E-state index is 0.123. The van der Waals surface area contributed by atoms with Crippen LogP contribution in [0.2, 0.25) is 0 Å². The average molecular weight is 399 g/mol. The number of nitrogens with zero attached hydrogens (tertiary/aromatic N) is 1. The molecule has 0 aliphatic rings. The van der Waals surface area contributed by atoms with E-state index in [9.17, 15) is 9.59 Å². The Morgan fingerprint density at radius 2 is 2.08 bits per heavy atom. The average Bonchev–Trinajstić information content (AvgIpc) is 2.96. The molecule has 1 heterocycles. The lowest BCUT2D eigenvalue weighted by atomic mass is 10.1. The molecule has 0 saturated heterocycles. The van der Waals surface area contributed by atoms with Crippen molar-refractivity contribution in [3.8, 4) is 0 Å². The smallest absolute Gasteiger partial charge is 0.244 e. The number of amides is 1. The van der Waals surface area contributed by atoms with Crippen LogP contribution in [0, 0.1) is 6.92 Å². The van der Waals surface area contributed by atoms with Gasteiger partial charge in [0.15, 0.2) is 6.29 Å². The Labute approximate surface area is 155 Å². The van der Waals surface area contributed by atoms with Gasteiger partial charge in [-0.05, 0) is 42.7 Å². The predicted octanol–water partition coefficient (Wildman–Crippen LogP) is 4.73. The molecule has 25 heavy (non-hydrogen) atoms. The fraction of sp³-hybridized carbons (Fsp3) is 0.200. The Balaban J connectivity index is 1.90. The summed E-state index contributed by atoms with van der Waals surface area (Å²) in [5, 5.41) is 3.81. The van der Waals surface area contributed by atoms with Gasteiger partial charge in [-0.25, -0.2) is 0 Å². The fourth-order valence-corrected chi connectivity index (χ4v) is 3.29. The van der Waals surface area contributed by atoms with Gasteiger partial charge < -0.3 is 9.88 Å². The van der Waals surface area contributed by atoms with E-state index in [0.29, 0.717) is 5.56 Å². The summed E-state index contributed by atoms with van der Waals surface area (Å²) in [6, 6.07) is 11.6. The molecule has 1 N–H and O–H groups in total. The van der Waals surface area contributed by atoms with E-state index in [2.05, 4.69) is 28.2 Å². The van der Waals surface area contributed by atoms with Gasteiger partial charge in [0, 0.05) is 27.3 Å². The quantitative estimate of drug-likeness (QED) is 0.631. The number of carbonyl (C=O) groups is 2. The highest BCUT2D eigenvalue weighted by Crippen LogP contribution is 2.25. The van der Waals surface area contributed by atoms with Gasteiger partial charge in [-0.1, -0.05) is 41.1 Å². The maximum absolute atomic E-state index is 12.5. The third-order valence-corrected chi connectivity index (χ3v) is 5.17. The first-order valence-electron chi connectivity index (χ1n) is 8.15. The Kier molecular flexibility index (Phi) is 5.04. The Bertz CT molecular complexity index is 960. The summed E-state index contributed by atoms with van der Waals surface area (Å²) in [7, 11) is 0. The van der Waals surface area contributed by atoms with E-state index >= 15 is 0 Å². The predicted molar refractivity (Wildman–Crippen MR) is 104 cm³/mol. The number of benzene rings is 2. The lowest BCUT2D eigenvalue weighted by Crippen LogP contribution is -2.18. The summed E-state index contributed by atoms with van der Waals surface area (Å²) < 4.78 is 2.86. The van der Waals surface area contributed by atoms with E-state index in [-0.39, 0.29) is 12.5 Å². The minimum Gasteiger partial charge on any atom is -0.337 e. The molecule has 3 aromatic rings. The van der Waals surface area contributed by atoms with Crippen LogP contribution in [0.25, 0.3) is 10.9 Å². The van der Waals surface area contributed by atoms with Gasteiger partial charge in [0.1, 0.15) is 6.54 Å². The number of anilines is 1. The van der Waals surface area contributed by atoms with Gasteiger partial charge in [0.2, 0.25) is 5.91 Å². The highest BCUT2D eigenvalue weighted by Gasteiger charge is 2.13. The monoisotopic (exact) mass is 398 g/mol. The zero-order valence-corrected chi connectivity index (χ0v) is 15.8. The highest BCUT2D eigenvalue weighted by atomic mass is 79.9. The Morgan fingerprint density at radius 1 is 1.28 bits per heavy atom. The third kappa shape index (κ3) is 3.51. The van der Waals surface area contributed by atoms with Crippen molar-refractivity contribution in [3.63, 3.8) is 0 Å². The number of para-hydroxylation sites is 1. The molecular formula is C20H19BrN2O2. The van der Waals surface area contributed by atoms with E-state index in [1.807, 2.05) is 47.9 Å². The molecule has 0 aliphatic heterocycles. The van der Waals surface area contributed by atoms with Crippen LogP contribution in [0.5, 0.6) is 0 Å². The molecule has 0 aliphatic carbocycles. The molecule has 0 spiro atoms. The summed E-state index contributed by atoms with van der Waals surface area (Å²) in [5.41, 5.74) is 4.50. The zero-order valence-electron chi connectivity index (χ0n) is 14.2. The first-order valence-corrected chi connectivity index (χ1v) is 8.94. The summed E-state index contributed by atoms with van der Waals surface area (Å²) in [6.07, 6.45) is 3.44. The van der Waals surface area contributed by atoms with Gasteiger partial charge in [-0.15, -0.1) is 0 Å². The van der Waals surface area contributed by atoms with Crippen molar-refractivity contribution < 1.29 is 9.59 Å². The molecule has 128 valence electrons. The summed E-state index contributed by atoms with van der Waals surface area (Å²) in [6.45, 7) is 4.21. The van der Waals surface area contributed by atoms with Gasteiger partial charge in [-0.3, -0.25) is 9.59 Å². The van der Waals surface area contributed by atoms with Crippen molar-refractivity contribution in [2.45, 2.75) is 26.8 Å². The first-order chi connectivity index (χ1) is 12.0. The van der Waals surface area contributed by atoms with Crippen LogP contribution in [0.1, 0.15) is 28.4 Å².